The molecule has 0 radical (unpaired) electrons. The van der Waals surface area contributed by atoms with Crippen LogP contribution in [-0.4, -0.2) is 65.8 Å². The Bertz CT molecular complexity index is 5170. The summed E-state index contributed by atoms with van der Waals surface area (Å²) in [4.78, 5) is 83.4. The van der Waals surface area contributed by atoms with Gasteiger partial charge < -0.3 is 30.2 Å². The molecule has 5 N–H and O–H groups in total. The number of carboxylic acid groups (broad SMARTS) is 3. The maximum absolute atomic E-state index is 14.9. The second-order valence-electron chi connectivity index (χ2n) is 20.6. The molecule has 474 valence electrons. The molecule has 1 amide bonds. The third kappa shape index (κ3) is 12.8. The van der Waals surface area contributed by atoms with Crippen LogP contribution < -0.4 is 5.32 Å². The van der Waals surface area contributed by atoms with E-state index in [0.717, 1.165) is 53.5 Å². The number of thiazole rings is 2. The maximum Gasteiger partial charge on any atom is 0.339 e. The topological polar surface area (TPSA) is 234 Å². The van der Waals surface area contributed by atoms with Gasteiger partial charge in [0.25, 0.3) is 5.91 Å². The molecule has 7 heterocycles. The number of Topliss-reactive ketones (excluding diaryl/α,β-unsaturated/α-hetero) is 2. The van der Waals surface area contributed by atoms with E-state index in [0.29, 0.717) is 32.8 Å². The van der Waals surface area contributed by atoms with E-state index in [4.69, 9.17) is 4.42 Å². The highest BCUT2D eigenvalue weighted by atomic mass is 32.1. The minimum atomic E-state index is -1.53. The number of benzene rings is 6. The van der Waals surface area contributed by atoms with Crippen molar-refractivity contribution < 1.29 is 84.3 Å². The van der Waals surface area contributed by atoms with E-state index < -0.39 is 81.6 Å². The highest BCUT2D eigenvalue weighted by molar-refractivity contribution is 7.21. The number of carbonyl (C=O) groups excluding carboxylic acids is 3. The average molecular weight is 1390 g/mol. The SMILES string of the molecule is Cc1ccc(-c2sc(-c3ccoc3)c(CC(=O)c3nc4ccccc4s3)c2C(=O)O)c(F)c1F.Cc1ccc(-c2sc(F)c(CC(=O)c3nc4ccccc4s3)c2C(=O)O)c(F)c1F.Cc1ccc(-c2scc(NC(=O)c3cc4sccc4cc3O)c2C(=O)O)c(F)c1F. The highest BCUT2D eigenvalue weighted by Gasteiger charge is 2.33. The summed E-state index contributed by atoms with van der Waals surface area (Å²) in [5, 5.41) is 45.4. The second-order valence-corrected chi connectivity index (χ2v) is 26.5. The molecule has 13 rings (SSSR count). The summed E-state index contributed by atoms with van der Waals surface area (Å²) in [5.41, 5.74) is -0.0785. The van der Waals surface area contributed by atoms with Crippen molar-refractivity contribution in [3.8, 4) is 47.5 Å². The number of phenolic OH excluding ortho intramolecular Hbond substituents is 1. The Labute approximate surface area is 549 Å². The summed E-state index contributed by atoms with van der Waals surface area (Å²) in [5.74, 6) is -13.0. The second kappa shape index (κ2) is 26.9. The lowest BCUT2D eigenvalue weighted by molar-refractivity contribution is 0.0685. The Morgan fingerprint density at radius 1 is 0.511 bits per heavy atom. The van der Waals surface area contributed by atoms with Crippen LogP contribution in [0.3, 0.4) is 0 Å². The van der Waals surface area contributed by atoms with Gasteiger partial charge >= 0.3 is 17.9 Å². The van der Waals surface area contributed by atoms with Crippen molar-refractivity contribution in [1.82, 2.24) is 9.97 Å². The number of aromatic carboxylic acids is 3. The number of aryl methyl sites for hydroxylation is 3. The van der Waals surface area contributed by atoms with E-state index in [9.17, 15) is 79.9 Å². The number of ketones is 2. The summed E-state index contributed by atoms with van der Waals surface area (Å²) >= 11 is 5.94. The molecule has 0 aliphatic carbocycles. The van der Waals surface area contributed by atoms with E-state index >= 15 is 0 Å². The van der Waals surface area contributed by atoms with Crippen LogP contribution in [0.25, 0.3) is 72.3 Å². The summed E-state index contributed by atoms with van der Waals surface area (Å²) < 4.78 is 108. The smallest absolute Gasteiger partial charge is 0.339 e. The van der Waals surface area contributed by atoms with Gasteiger partial charge in [-0.05, 0) is 102 Å². The zero-order valence-corrected chi connectivity index (χ0v) is 53.2. The first-order chi connectivity index (χ1) is 44.9. The molecule has 14 nitrogen and oxygen atoms in total. The molecule has 7 aromatic heterocycles. The number of carboxylic acids is 3. The van der Waals surface area contributed by atoms with Gasteiger partial charge in [-0.25, -0.2) is 50.7 Å². The molecule has 0 fully saturated rings. The quantitative estimate of drug-likeness (QED) is 0.0475. The number of nitrogens with one attached hydrogen (secondary N) is 1. The first-order valence-electron chi connectivity index (χ1n) is 27.3. The van der Waals surface area contributed by atoms with Gasteiger partial charge in [0.05, 0.1) is 70.0 Å². The van der Waals surface area contributed by atoms with Gasteiger partial charge in [-0.1, -0.05) is 60.7 Å². The number of anilines is 1. The standard InChI is InChI=1S/C25H15F2NO4S2.C21H12F3NO3S2.C21H13F2NO4S2/c1-12-6-7-14(21(27)20(12)26)23-19(25(30)31)15(22(34-23)13-8-9-32-11-13)10-17(29)24-28-16-4-2-3-5-18(16)33-24;1-9-6-7-10(17(23)16(9)22)18-15(21(27)28)11(19(24)30-18)8-13(26)20-25-12-4-2-3-5-14(12)29-20;1-9-2-3-11(18(23)17(9)22)19-16(21(27)28)13(8-30-19)24-20(26)12-7-15-10(4-5-29-15)6-14(12)25/h2-9,11H,10H2,1H3,(H,30,31);2-7H,8H2,1H3,(H,27,28);2-8,25H,1H3,(H,24,26)(H,27,28). The number of hydrogen-bond donors (Lipinski definition) is 5. The number of thiophene rings is 4. The Balaban J connectivity index is 0.000000144. The minimum absolute atomic E-state index is 0.0212. The number of carbonyl (C=O) groups is 6. The molecule has 0 aliphatic heterocycles. The maximum atomic E-state index is 14.9. The molecule has 0 bridgehead atoms. The molecule has 0 atom stereocenters. The monoisotopic (exact) mass is 1390 g/mol. The lowest BCUT2D eigenvalue weighted by Gasteiger charge is -2.09. The molecule has 0 unspecified atom stereocenters. The first-order valence-corrected chi connectivity index (χ1v) is 32.4. The molecule has 94 heavy (non-hydrogen) atoms. The Morgan fingerprint density at radius 2 is 1.00 bits per heavy atom. The number of aromatic hydroxyl groups is 1. The van der Waals surface area contributed by atoms with Gasteiger partial charge in [0.2, 0.25) is 0 Å². The van der Waals surface area contributed by atoms with E-state index in [1.807, 2.05) is 23.6 Å². The minimum Gasteiger partial charge on any atom is -0.507 e. The number of aromatic nitrogens is 2. The Morgan fingerprint density at radius 3 is 1.50 bits per heavy atom. The average Bonchev–Trinajstić information content (AvgIpc) is 1.61. The predicted octanol–water partition coefficient (Wildman–Crippen LogP) is 18.7. The van der Waals surface area contributed by atoms with Gasteiger partial charge in [-0.15, -0.1) is 68.0 Å². The van der Waals surface area contributed by atoms with Crippen LogP contribution in [-0.2, 0) is 12.8 Å². The summed E-state index contributed by atoms with van der Waals surface area (Å²) in [6, 6.07) is 28.6. The van der Waals surface area contributed by atoms with Crippen molar-refractivity contribution in [3.63, 3.8) is 0 Å². The van der Waals surface area contributed by atoms with Crippen LogP contribution in [0.15, 0.2) is 137 Å². The van der Waals surface area contributed by atoms with E-state index in [1.54, 1.807) is 42.5 Å². The van der Waals surface area contributed by atoms with Crippen molar-refractivity contribution in [2.75, 3.05) is 5.32 Å². The normalized spacial score (nSPS) is 11.2. The molecule has 6 aromatic carbocycles. The lowest BCUT2D eigenvalue weighted by atomic mass is 9.97. The molecular weight excluding hydrogens is 1350 g/mol. The number of amides is 1. The van der Waals surface area contributed by atoms with Gasteiger partial charge in [0.15, 0.2) is 61.6 Å². The Hall–Kier alpha value is -10.0. The van der Waals surface area contributed by atoms with Crippen LogP contribution in [0, 0.1) is 60.8 Å². The van der Waals surface area contributed by atoms with Crippen molar-refractivity contribution in [2.45, 2.75) is 33.6 Å². The van der Waals surface area contributed by atoms with E-state index in [-0.39, 0.29) is 109 Å². The van der Waals surface area contributed by atoms with Crippen LogP contribution in [0.2, 0.25) is 0 Å². The van der Waals surface area contributed by atoms with E-state index in [1.165, 1.54) is 110 Å². The third-order valence-electron chi connectivity index (χ3n) is 14.5. The summed E-state index contributed by atoms with van der Waals surface area (Å²) in [6.45, 7) is 4.18. The molecule has 13 aromatic rings. The third-order valence-corrected chi connectivity index (χ3v) is 21.0. The van der Waals surface area contributed by atoms with Crippen molar-refractivity contribution in [1.29, 1.82) is 0 Å². The van der Waals surface area contributed by atoms with Gasteiger partial charge in [-0.2, -0.15) is 4.39 Å². The van der Waals surface area contributed by atoms with Crippen LogP contribution in [0.5, 0.6) is 5.75 Å². The fraction of sp³-hybridized carbons (Fsp3) is 0.0746. The molecule has 27 heteroatoms. The number of rotatable bonds is 15. The molecule has 0 saturated heterocycles. The van der Waals surface area contributed by atoms with Crippen molar-refractivity contribution in [2.24, 2.45) is 0 Å². The number of halogens is 7. The summed E-state index contributed by atoms with van der Waals surface area (Å²) in [6.07, 6.45) is 2.01. The van der Waals surface area contributed by atoms with Crippen LogP contribution in [0.1, 0.15) is 88.9 Å². The Kier molecular flexibility index (Phi) is 18.7. The number of fused-ring (bicyclic) bond motifs is 3. The number of para-hydroxylation sites is 2. The lowest BCUT2D eigenvalue weighted by Crippen LogP contribution is -2.14. The number of nitrogens with zero attached hydrogens (tertiary/aromatic N) is 2. The highest BCUT2D eigenvalue weighted by Crippen LogP contribution is 2.46. The van der Waals surface area contributed by atoms with Crippen molar-refractivity contribution in [3.05, 3.63) is 233 Å². The predicted molar refractivity (Wildman–Crippen MR) is 349 cm³/mol. The largest absolute Gasteiger partial charge is 0.507 e. The van der Waals surface area contributed by atoms with Gasteiger partial charge in [0.1, 0.15) is 11.3 Å². The van der Waals surface area contributed by atoms with Crippen LogP contribution in [0.4, 0.5) is 36.4 Å². The zero-order valence-electron chi connectivity index (χ0n) is 48.3. The summed E-state index contributed by atoms with van der Waals surface area (Å²) in [7, 11) is 0. The number of furan rings is 1. The fourth-order valence-corrected chi connectivity index (χ4v) is 15.8. The molecule has 0 spiro atoms. The van der Waals surface area contributed by atoms with Crippen molar-refractivity contribution >= 4 is 140 Å². The number of phenols is 1. The molecule has 0 aliphatic rings. The van der Waals surface area contributed by atoms with E-state index in [2.05, 4.69) is 15.3 Å². The zero-order chi connectivity index (χ0) is 67.1. The molecule has 0 saturated carbocycles. The van der Waals surface area contributed by atoms with Gasteiger partial charge in [-0.3, -0.25) is 14.4 Å². The van der Waals surface area contributed by atoms with Gasteiger partial charge in [0, 0.05) is 55.6 Å². The first kappa shape index (κ1) is 65.5. The molecular formula is C67H40F7N3O11S6. The fourth-order valence-electron chi connectivity index (χ4n) is 9.84. The van der Waals surface area contributed by atoms with Crippen LogP contribution >= 0.6 is 68.0 Å². The number of hydrogen-bond acceptors (Lipinski definition) is 16.